The van der Waals surface area contributed by atoms with Crippen LogP contribution < -0.4 is 16.0 Å². The SMILES string of the molecule is CCC/C(=N\Oc1nc2oc(=O)cc(CC)c2c(=O)[nH]1)N1CCCCC1. The van der Waals surface area contributed by atoms with E-state index in [1.165, 1.54) is 12.5 Å². The van der Waals surface area contributed by atoms with Gasteiger partial charge in [0.05, 0.1) is 0 Å². The summed E-state index contributed by atoms with van der Waals surface area (Å²) in [5.41, 5.74) is -0.379. The van der Waals surface area contributed by atoms with E-state index in [1.54, 1.807) is 0 Å². The summed E-state index contributed by atoms with van der Waals surface area (Å²) < 4.78 is 5.07. The van der Waals surface area contributed by atoms with Crippen LogP contribution in [0, 0.1) is 0 Å². The second-order valence-electron chi connectivity index (χ2n) is 6.39. The molecule has 2 aromatic rings. The highest BCUT2D eigenvalue weighted by molar-refractivity contribution is 5.82. The number of aromatic nitrogens is 2. The lowest BCUT2D eigenvalue weighted by atomic mass is 10.1. The first kappa shape index (κ1) is 18.2. The number of hydrogen-bond acceptors (Lipinski definition) is 6. The number of likely N-dealkylation sites (tertiary alicyclic amines) is 1. The monoisotopic (exact) mass is 360 g/mol. The fourth-order valence-corrected chi connectivity index (χ4v) is 3.18. The van der Waals surface area contributed by atoms with Crippen LogP contribution in [0.2, 0.25) is 0 Å². The average Bonchev–Trinajstić information content (AvgIpc) is 2.64. The number of aromatic amines is 1. The zero-order valence-corrected chi connectivity index (χ0v) is 15.2. The van der Waals surface area contributed by atoms with Crippen molar-refractivity contribution in [3.63, 3.8) is 0 Å². The Labute approximate surface area is 150 Å². The molecule has 0 unspecified atom stereocenters. The number of hydrogen-bond donors (Lipinski definition) is 1. The second kappa shape index (κ2) is 8.16. The molecule has 0 amide bonds. The molecule has 2 aromatic heterocycles. The lowest BCUT2D eigenvalue weighted by Crippen LogP contribution is -2.36. The molecule has 140 valence electrons. The minimum Gasteiger partial charge on any atom is -0.403 e. The maximum atomic E-state index is 12.4. The number of nitrogens with zero attached hydrogens (tertiary/aromatic N) is 3. The Kier molecular flexibility index (Phi) is 5.70. The van der Waals surface area contributed by atoms with Crippen molar-refractivity contribution in [3.05, 3.63) is 32.4 Å². The van der Waals surface area contributed by atoms with E-state index in [9.17, 15) is 9.59 Å². The Hall–Kier alpha value is -2.64. The molecule has 0 aliphatic carbocycles. The Morgan fingerprint density at radius 3 is 2.77 bits per heavy atom. The molecule has 0 spiro atoms. The molecule has 3 heterocycles. The largest absolute Gasteiger partial charge is 0.403 e. The van der Waals surface area contributed by atoms with Gasteiger partial charge in [0.25, 0.3) is 5.56 Å². The van der Waals surface area contributed by atoms with Crippen molar-refractivity contribution in [2.24, 2.45) is 5.16 Å². The smallest absolute Gasteiger partial charge is 0.337 e. The Morgan fingerprint density at radius 2 is 2.08 bits per heavy atom. The van der Waals surface area contributed by atoms with E-state index in [2.05, 4.69) is 26.9 Å². The van der Waals surface area contributed by atoms with Crippen LogP contribution in [0.25, 0.3) is 11.1 Å². The van der Waals surface area contributed by atoms with Crippen molar-refractivity contribution >= 4 is 16.9 Å². The summed E-state index contributed by atoms with van der Waals surface area (Å²) in [5, 5.41) is 4.48. The zero-order chi connectivity index (χ0) is 18.5. The minimum absolute atomic E-state index is 0.0293. The van der Waals surface area contributed by atoms with Gasteiger partial charge in [-0.05, 0) is 37.7 Å². The molecule has 1 N–H and O–H groups in total. The first-order valence-corrected chi connectivity index (χ1v) is 9.18. The lowest BCUT2D eigenvalue weighted by Gasteiger charge is -2.29. The van der Waals surface area contributed by atoms with Gasteiger partial charge >= 0.3 is 11.6 Å². The van der Waals surface area contributed by atoms with Gasteiger partial charge in [0, 0.05) is 25.6 Å². The van der Waals surface area contributed by atoms with Gasteiger partial charge in [-0.1, -0.05) is 19.0 Å². The highest BCUT2D eigenvalue weighted by atomic mass is 16.6. The highest BCUT2D eigenvalue weighted by Crippen LogP contribution is 2.15. The molecule has 1 saturated heterocycles. The van der Waals surface area contributed by atoms with Crippen molar-refractivity contribution in [2.45, 2.75) is 52.4 Å². The fraction of sp³-hybridized carbons (Fsp3) is 0.556. The summed E-state index contributed by atoms with van der Waals surface area (Å²) in [7, 11) is 0. The standard InChI is InChI=1S/C18H24N4O4/c1-3-8-13(22-9-6-5-7-10-22)21-26-18-19-16(24)15-12(4-2)11-14(23)25-17(15)20-18/h11H,3-10H2,1-2H3,(H,19,20,24)/b21-13+. The molecule has 1 aliphatic heterocycles. The molecule has 8 heteroatoms. The third kappa shape index (κ3) is 3.95. The Morgan fingerprint density at radius 1 is 1.31 bits per heavy atom. The first-order valence-electron chi connectivity index (χ1n) is 9.18. The molecule has 0 saturated carbocycles. The molecular weight excluding hydrogens is 336 g/mol. The van der Waals surface area contributed by atoms with Crippen LogP contribution in [-0.2, 0) is 6.42 Å². The van der Waals surface area contributed by atoms with Gasteiger partial charge < -0.3 is 14.2 Å². The van der Waals surface area contributed by atoms with Gasteiger partial charge in [0.15, 0.2) is 0 Å². The molecule has 0 aromatic carbocycles. The predicted octanol–water partition coefficient (Wildman–Crippen LogP) is 2.42. The van der Waals surface area contributed by atoms with Crippen LogP contribution in [-0.4, -0.2) is 33.8 Å². The predicted molar refractivity (Wildman–Crippen MR) is 98.7 cm³/mol. The molecule has 0 radical (unpaired) electrons. The Balaban J connectivity index is 1.92. The van der Waals surface area contributed by atoms with Crippen molar-refractivity contribution in [1.82, 2.24) is 14.9 Å². The molecule has 26 heavy (non-hydrogen) atoms. The molecule has 0 atom stereocenters. The summed E-state index contributed by atoms with van der Waals surface area (Å²) in [6.45, 7) is 5.85. The first-order chi connectivity index (χ1) is 12.6. The average molecular weight is 360 g/mol. The van der Waals surface area contributed by atoms with Gasteiger partial charge in [0.1, 0.15) is 11.2 Å². The van der Waals surface area contributed by atoms with E-state index in [0.717, 1.165) is 44.6 Å². The third-order valence-electron chi connectivity index (χ3n) is 4.49. The summed E-state index contributed by atoms with van der Waals surface area (Å²) in [5.74, 6) is 0.846. The van der Waals surface area contributed by atoms with Crippen molar-refractivity contribution < 1.29 is 9.25 Å². The van der Waals surface area contributed by atoms with Gasteiger partial charge in [-0.3, -0.25) is 9.78 Å². The van der Waals surface area contributed by atoms with E-state index in [0.29, 0.717) is 12.0 Å². The van der Waals surface area contributed by atoms with Crippen LogP contribution in [0.15, 0.2) is 25.2 Å². The Bertz CT molecular complexity index is 910. The summed E-state index contributed by atoms with van der Waals surface area (Å²) in [6, 6.07) is 1.23. The quantitative estimate of drug-likeness (QED) is 0.499. The fourth-order valence-electron chi connectivity index (χ4n) is 3.18. The number of nitrogens with one attached hydrogen (secondary N) is 1. The van der Waals surface area contributed by atoms with E-state index in [4.69, 9.17) is 9.25 Å². The maximum absolute atomic E-state index is 12.4. The van der Waals surface area contributed by atoms with Crippen molar-refractivity contribution in [1.29, 1.82) is 0 Å². The lowest BCUT2D eigenvalue weighted by molar-refractivity contribution is 0.278. The molecule has 1 fully saturated rings. The van der Waals surface area contributed by atoms with Crippen LogP contribution in [0.3, 0.4) is 0 Å². The van der Waals surface area contributed by atoms with Gasteiger partial charge in [-0.2, -0.15) is 4.98 Å². The number of fused-ring (bicyclic) bond motifs is 1. The highest BCUT2D eigenvalue weighted by Gasteiger charge is 2.16. The van der Waals surface area contributed by atoms with Crippen LogP contribution in [0.5, 0.6) is 6.01 Å². The molecule has 8 nitrogen and oxygen atoms in total. The number of oxime groups is 1. The normalized spacial score (nSPS) is 15.5. The van der Waals surface area contributed by atoms with Gasteiger partial charge in [-0.25, -0.2) is 4.79 Å². The minimum atomic E-state index is -0.540. The van der Waals surface area contributed by atoms with E-state index in [-0.39, 0.29) is 17.1 Å². The van der Waals surface area contributed by atoms with Crippen molar-refractivity contribution in [3.8, 4) is 6.01 Å². The number of aryl methyl sites for hydroxylation is 1. The van der Waals surface area contributed by atoms with E-state index in [1.807, 2.05) is 6.92 Å². The number of rotatable bonds is 5. The van der Waals surface area contributed by atoms with Crippen molar-refractivity contribution in [2.75, 3.05) is 13.1 Å². The molecule has 1 aliphatic rings. The number of piperidine rings is 1. The maximum Gasteiger partial charge on any atom is 0.337 e. The van der Waals surface area contributed by atoms with E-state index >= 15 is 0 Å². The summed E-state index contributed by atoms with van der Waals surface area (Å²) in [6.07, 6.45) is 5.76. The second-order valence-corrected chi connectivity index (χ2v) is 6.39. The van der Waals surface area contributed by atoms with E-state index < -0.39 is 11.2 Å². The van der Waals surface area contributed by atoms with Gasteiger partial charge in [-0.15, -0.1) is 0 Å². The molecule has 3 rings (SSSR count). The van der Waals surface area contributed by atoms with Gasteiger partial charge in [0.2, 0.25) is 5.71 Å². The topological polar surface area (TPSA) is 101 Å². The number of H-pyrrole nitrogens is 1. The summed E-state index contributed by atoms with van der Waals surface area (Å²) >= 11 is 0. The van der Waals surface area contributed by atoms with Crippen LogP contribution in [0.4, 0.5) is 0 Å². The third-order valence-corrected chi connectivity index (χ3v) is 4.49. The molecular formula is C18H24N4O4. The van der Waals surface area contributed by atoms with Crippen LogP contribution in [0.1, 0.15) is 51.5 Å². The van der Waals surface area contributed by atoms with Crippen LogP contribution >= 0.6 is 0 Å². The number of amidine groups is 1. The zero-order valence-electron chi connectivity index (χ0n) is 15.2. The summed E-state index contributed by atoms with van der Waals surface area (Å²) in [4.78, 5) is 38.3. The molecule has 0 bridgehead atoms.